The van der Waals surface area contributed by atoms with Crippen LogP contribution in [0.15, 0.2) is 0 Å². The number of ether oxygens (including phenoxy) is 2. The van der Waals surface area contributed by atoms with Crippen LogP contribution < -0.4 is 0 Å². The first-order chi connectivity index (χ1) is 14.3. The summed E-state index contributed by atoms with van der Waals surface area (Å²) in [5.74, 6) is 0. The molecule has 2 nitrogen and oxygen atoms in total. The summed E-state index contributed by atoms with van der Waals surface area (Å²) in [4.78, 5) is 0. The van der Waals surface area contributed by atoms with Gasteiger partial charge in [-0.15, -0.1) is 11.6 Å². The number of alkyl halides is 1. The maximum atomic E-state index is 6.20. The number of unbranched alkanes of at least 4 members (excludes halogenated alkanes) is 15. The molecule has 0 aromatic carbocycles. The van der Waals surface area contributed by atoms with Crippen molar-refractivity contribution in [3.8, 4) is 0 Å². The maximum absolute atomic E-state index is 6.20. The zero-order chi connectivity index (χ0) is 21.3. The third kappa shape index (κ3) is 24.6. The standard InChI is InChI=1S/C25H53ClO2Si/c1-3-4-5-6-7-8-9-10-11-12-13-14-15-16-17-18-23-29(25-26)24-19-20-28-22-21-27-2/h29H,3-25H2,1-2H3. The van der Waals surface area contributed by atoms with Crippen LogP contribution in [0, 0.1) is 0 Å². The van der Waals surface area contributed by atoms with Gasteiger partial charge in [-0.3, -0.25) is 0 Å². The normalized spacial score (nSPS) is 12.5. The number of rotatable bonds is 25. The topological polar surface area (TPSA) is 18.5 Å². The summed E-state index contributed by atoms with van der Waals surface area (Å²) in [6, 6.07) is 2.77. The summed E-state index contributed by atoms with van der Waals surface area (Å²) in [7, 11) is 1.01. The summed E-state index contributed by atoms with van der Waals surface area (Å²) in [6.45, 7) is 4.60. The Kier molecular flexibility index (Phi) is 26.9. The van der Waals surface area contributed by atoms with E-state index in [-0.39, 0.29) is 0 Å². The van der Waals surface area contributed by atoms with Crippen molar-refractivity contribution in [1.82, 2.24) is 0 Å². The molecule has 29 heavy (non-hydrogen) atoms. The lowest BCUT2D eigenvalue weighted by Crippen LogP contribution is -2.16. The molecule has 176 valence electrons. The van der Waals surface area contributed by atoms with Crippen LogP contribution in [0.5, 0.6) is 0 Å². The van der Waals surface area contributed by atoms with Crippen molar-refractivity contribution in [2.24, 2.45) is 0 Å². The summed E-state index contributed by atoms with van der Waals surface area (Å²) in [6.07, 6.45) is 24.3. The van der Waals surface area contributed by atoms with Crippen molar-refractivity contribution in [2.75, 3.05) is 32.4 Å². The molecule has 0 aliphatic carbocycles. The van der Waals surface area contributed by atoms with Crippen LogP contribution in [0.4, 0.5) is 0 Å². The lowest BCUT2D eigenvalue weighted by Gasteiger charge is -2.12. The first-order valence-electron chi connectivity index (χ1n) is 13.0. The van der Waals surface area contributed by atoms with Gasteiger partial charge in [-0.25, -0.2) is 0 Å². The van der Waals surface area contributed by atoms with Gasteiger partial charge in [0.15, 0.2) is 0 Å². The van der Waals surface area contributed by atoms with E-state index in [2.05, 4.69) is 6.92 Å². The molecular weight excluding hydrogens is 396 g/mol. The predicted molar refractivity (Wildman–Crippen MR) is 134 cm³/mol. The monoisotopic (exact) mass is 448 g/mol. The van der Waals surface area contributed by atoms with E-state index in [0.717, 1.165) is 18.7 Å². The third-order valence-electron chi connectivity index (χ3n) is 6.02. The molecule has 0 aliphatic rings. The largest absolute Gasteiger partial charge is 0.382 e. The van der Waals surface area contributed by atoms with Crippen LogP contribution in [0.3, 0.4) is 0 Å². The van der Waals surface area contributed by atoms with Gasteiger partial charge in [-0.1, -0.05) is 122 Å². The Morgan fingerprint density at radius 2 is 1.00 bits per heavy atom. The van der Waals surface area contributed by atoms with Crippen LogP contribution in [0.1, 0.15) is 116 Å². The fraction of sp³-hybridized carbons (Fsp3) is 1.00. The quantitative estimate of drug-likeness (QED) is 0.0793. The highest BCUT2D eigenvalue weighted by Gasteiger charge is 2.08. The molecule has 0 N–H and O–H groups in total. The molecule has 0 fully saturated rings. The molecule has 1 atom stereocenters. The Hall–Kier alpha value is 0.427. The van der Waals surface area contributed by atoms with E-state index in [1.165, 1.54) is 121 Å². The Labute approximate surface area is 190 Å². The predicted octanol–water partition coefficient (Wildman–Crippen LogP) is 8.31. The van der Waals surface area contributed by atoms with Crippen molar-refractivity contribution in [2.45, 2.75) is 128 Å². The molecule has 0 radical (unpaired) electrons. The highest BCUT2D eigenvalue weighted by Crippen LogP contribution is 2.15. The lowest BCUT2D eigenvalue weighted by atomic mass is 10.0. The van der Waals surface area contributed by atoms with Crippen molar-refractivity contribution in [3.63, 3.8) is 0 Å². The molecular formula is C25H53ClO2Si. The van der Waals surface area contributed by atoms with Crippen molar-refractivity contribution < 1.29 is 9.47 Å². The van der Waals surface area contributed by atoms with Crippen LogP contribution in [0.2, 0.25) is 12.1 Å². The van der Waals surface area contributed by atoms with Gasteiger partial charge in [-0.05, 0) is 6.42 Å². The Bertz CT molecular complexity index is 292. The molecule has 0 bridgehead atoms. The van der Waals surface area contributed by atoms with E-state index >= 15 is 0 Å². The molecule has 0 aliphatic heterocycles. The Morgan fingerprint density at radius 1 is 0.552 bits per heavy atom. The SMILES string of the molecule is CCCCCCCCCCCCCCCCCC[SiH](CCl)CCCOCCOC. The highest BCUT2D eigenvalue weighted by atomic mass is 35.5. The minimum Gasteiger partial charge on any atom is -0.382 e. The first-order valence-corrected chi connectivity index (χ1v) is 16.0. The molecule has 0 saturated carbocycles. The molecule has 4 heteroatoms. The van der Waals surface area contributed by atoms with Gasteiger partial charge in [0.2, 0.25) is 0 Å². The van der Waals surface area contributed by atoms with Gasteiger partial charge < -0.3 is 9.47 Å². The minimum absolute atomic E-state index is 0.704. The second-order valence-corrected chi connectivity index (χ2v) is 13.0. The maximum Gasteiger partial charge on any atom is 0.0700 e. The van der Waals surface area contributed by atoms with E-state index in [0.29, 0.717) is 6.61 Å². The first kappa shape index (κ1) is 29.4. The fourth-order valence-electron chi connectivity index (χ4n) is 4.00. The fourth-order valence-corrected chi connectivity index (χ4v) is 7.13. The molecule has 1 unspecified atom stereocenters. The van der Waals surface area contributed by atoms with Crippen LogP contribution in [-0.2, 0) is 9.47 Å². The molecule has 0 saturated heterocycles. The average molecular weight is 449 g/mol. The van der Waals surface area contributed by atoms with Gasteiger partial charge in [0, 0.05) is 19.2 Å². The van der Waals surface area contributed by atoms with E-state index < -0.39 is 8.80 Å². The zero-order valence-corrected chi connectivity index (χ0v) is 21.9. The van der Waals surface area contributed by atoms with Gasteiger partial charge in [-0.2, -0.15) is 0 Å². The number of hydrogen-bond donors (Lipinski definition) is 0. The average Bonchev–Trinajstić information content (AvgIpc) is 2.74. The second-order valence-electron chi connectivity index (χ2n) is 8.86. The van der Waals surface area contributed by atoms with E-state index in [1.54, 1.807) is 7.11 Å². The van der Waals surface area contributed by atoms with Crippen molar-refractivity contribution in [3.05, 3.63) is 0 Å². The summed E-state index contributed by atoms with van der Waals surface area (Å²) >= 11 is 6.20. The summed E-state index contributed by atoms with van der Waals surface area (Å²) in [5.41, 5.74) is 0.941. The van der Waals surface area contributed by atoms with E-state index in [1.807, 2.05) is 0 Å². The van der Waals surface area contributed by atoms with Crippen LogP contribution >= 0.6 is 11.6 Å². The van der Waals surface area contributed by atoms with Gasteiger partial charge in [0.25, 0.3) is 0 Å². The molecule has 0 spiro atoms. The number of halogens is 1. The molecule has 0 aromatic rings. The molecule has 0 aromatic heterocycles. The van der Waals surface area contributed by atoms with Crippen LogP contribution in [0.25, 0.3) is 0 Å². The van der Waals surface area contributed by atoms with Gasteiger partial charge in [0.1, 0.15) is 0 Å². The Morgan fingerprint density at radius 3 is 1.45 bits per heavy atom. The van der Waals surface area contributed by atoms with E-state index in [9.17, 15) is 0 Å². The smallest absolute Gasteiger partial charge is 0.0700 e. The number of methoxy groups -OCH3 is 1. The third-order valence-corrected chi connectivity index (χ3v) is 10.2. The summed E-state index contributed by atoms with van der Waals surface area (Å²) in [5, 5.41) is 0. The van der Waals surface area contributed by atoms with Gasteiger partial charge in [0.05, 0.1) is 22.0 Å². The lowest BCUT2D eigenvalue weighted by molar-refractivity contribution is 0.0709. The zero-order valence-electron chi connectivity index (χ0n) is 20.0. The molecule has 0 rings (SSSR count). The minimum atomic E-state index is -0.711. The Balaban J connectivity index is 3.21. The van der Waals surface area contributed by atoms with E-state index in [4.69, 9.17) is 21.1 Å². The number of hydrogen-bond acceptors (Lipinski definition) is 2. The van der Waals surface area contributed by atoms with Gasteiger partial charge >= 0.3 is 0 Å². The second kappa shape index (κ2) is 26.5. The van der Waals surface area contributed by atoms with Crippen molar-refractivity contribution >= 4 is 20.4 Å². The van der Waals surface area contributed by atoms with Crippen molar-refractivity contribution in [1.29, 1.82) is 0 Å². The summed E-state index contributed by atoms with van der Waals surface area (Å²) < 4.78 is 10.6. The molecule has 0 amide bonds. The molecule has 0 heterocycles. The van der Waals surface area contributed by atoms with Crippen LogP contribution in [-0.4, -0.2) is 41.2 Å². The highest BCUT2D eigenvalue weighted by molar-refractivity contribution is 6.67.